The van der Waals surface area contributed by atoms with Gasteiger partial charge in [-0.05, 0) is 33.5 Å². The number of hydrogen-bond acceptors (Lipinski definition) is 4. The number of rotatable bonds is 1. The SMILES string of the molecule is Clc1cncc(-c2nc(Br)ns2)c1. The van der Waals surface area contributed by atoms with Crippen LogP contribution in [-0.4, -0.2) is 14.3 Å². The van der Waals surface area contributed by atoms with E-state index < -0.39 is 0 Å². The molecule has 0 bridgehead atoms. The molecular weight excluding hydrogens is 274 g/mol. The average molecular weight is 277 g/mol. The third-order valence-electron chi connectivity index (χ3n) is 1.35. The Labute approximate surface area is 92.1 Å². The van der Waals surface area contributed by atoms with Crippen LogP contribution in [0.2, 0.25) is 5.02 Å². The van der Waals surface area contributed by atoms with Gasteiger partial charge in [-0.15, -0.1) is 0 Å². The Morgan fingerprint density at radius 1 is 1.38 bits per heavy atom. The van der Waals surface area contributed by atoms with Crippen LogP contribution >= 0.6 is 39.1 Å². The predicted octanol–water partition coefficient (Wildman–Crippen LogP) is 3.02. The van der Waals surface area contributed by atoms with E-state index in [1.54, 1.807) is 12.4 Å². The number of pyridine rings is 1. The molecule has 0 aliphatic carbocycles. The fourth-order valence-electron chi connectivity index (χ4n) is 0.852. The summed E-state index contributed by atoms with van der Waals surface area (Å²) in [6.45, 7) is 0. The van der Waals surface area contributed by atoms with Crippen molar-refractivity contribution in [2.45, 2.75) is 0 Å². The second-order valence-electron chi connectivity index (χ2n) is 2.26. The summed E-state index contributed by atoms with van der Waals surface area (Å²) >= 11 is 10.3. The van der Waals surface area contributed by atoms with Crippen molar-refractivity contribution < 1.29 is 0 Å². The van der Waals surface area contributed by atoms with Crippen LogP contribution in [-0.2, 0) is 0 Å². The summed E-state index contributed by atoms with van der Waals surface area (Å²) in [5.41, 5.74) is 0.885. The molecule has 0 aliphatic rings. The molecule has 0 atom stereocenters. The molecule has 0 N–H and O–H groups in total. The third-order valence-corrected chi connectivity index (χ3v) is 2.91. The van der Waals surface area contributed by atoms with E-state index in [-0.39, 0.29) is 0 Å². The Morgan fingerprint density at radius 2 is 2.23 bits per heavy atom. The van der Waals surface area contributed by atoms with Gasteiger partial charge in [-0.25, -0.2) is 4.98 Å². The summed E-state index contributed by atoms with van der Waals surface area (Å²) < 4.78 is 4.59. The van der Waals surface area contributed by atoms with Crippen LogP contribution in [0, 0.1) is 0 Å². The zero-order chi connectivity index (χ0) is 9.26. The molecule has 3 nitrogen and oxygen atoms in total. The van der Waals surface area contributed by atoms with Crippen molar-refractivity contribution in [3.63, 3.8) is 0 Å². The van der Waals surface area contributed by atoms with E-state index in [4.69, 9.17) is 11.6 Å². The number of halogens is 2. The standard InChI is InChI=1S/C7H3BrClN3S/c8-7-11-6(13-12-7)4-1-5(9)3-10-2-4/h1-3H. The molecule has 2 heterocycles. The highest BCUT2D eigenvalue weighted by Gasteiger charge is 2.04. The molecule has 0 unspecified atom stereocenters. The smallest absolute Gasteiger partial charge is 0.209 e. The van der Waals surface area contributed by atoms with Gasteiger partial charge in [-0.3, -0.25) is 4.98 Å². The van der Waals surface area contributed by atoms with Crippen LogP contribution in [0.5, 0.6) is 0 Å². The molecule has 66 valence electrons. The highest BCUT2D eigenvalue weighted by atomic mass is 79.9. The number of nitrogens with zero attached hydrogens (tertiary/aromatic N) is 3. The highest BCUT2D eigenvalue weighted by molar-refractivity contribution is 9.10. The maximum Gasteiger partial charge on any atom is 0.209 e. The Balaban J connectivity index is 2.46. The third kappa shape index (κ3) is 2.04. The van der Waals surface area contributed by atoms with E-state index in [1.165, 1.54) is 11.5 Å². The Bertz CT molecular complexity index is 431. The molecule has 0 spiro atoms. The van der Waals surface area contributed by atoms with Crippen LogP contribution in [0.4, 0.5) is 0 Å². The Morgan fingerprint density at radius 3 is 2.85 bits per heavy atom. The number of aromatic nitrogens is 3. The molecule has 0 radical (unpaired) electrons. The zero-order valence-corrected chi connectivity index (χ0v) is 9.40. The summed E-state index contributed by atoms with van der Waals surface area (Å²) in [4.78, 5) is 8.11. The van der Waals surface area contributed by atoms with Crippen LogP contribution in [0.1, 0.15) is 0 Å². The monoisotopic (exact) mass is 275 g/mol. The molecule has 0 aromatic carbocycles. The highest BCUT2D eigenvalue weighted by Crippen LogP contribution is 2.24. The van der Waals surface area contributed by atoms with Gasteiger partial charge in [0.25, 0.3) is 0 Å². The summed E-state index contributed by atoms with van der Waals surface area (Å²) in [5.74, 6) is 0. The first-order chi connectivity index (χ1) is 6.25. The molecule has 0 saturated carbocycles. The second-order valence-corrected chi connectivity index (χ2v) is 4.16. The van der Waals surface area contributed by atoms with Crippen molar-refractivity contribution in [2.75, 3.05) is 0 Å². The van der Waals surface area contributed by atoms with Gasteiger partial charge in [-0.1, -0.05) is 11.6 Å². The van der Waals surface area contributed by atoms with Gasteiger partial charge in [0.05, 0.1) is 5.02 Å². The fourth-order valence-corrected chi connectivity index (χ4v) is 2.08. The first kappa shape index (κ1) is 9.05. The maximum atomic E-state index is 5.78. The molecule has 2 aromatic rings. The lowest BCUT2D eigenvalue weighted by atomic mass is 10.3. The molecule has 0 fully saturated rings. The van der Waals surface area contributed by atoms with Crippen LogP contribution in [0.3, 0.4) is 0 Å². The minimum absolute atomic E-state index is 0.590. The topological polar surface area (TPSA) is 38.7 Å². The van der Waals surface area contributed by atoms with Crippen molar-refractivity contribution in [2.24, 2.45) is 0 Å². The first-order valence-corrected chi connectivity index (χ1v) is 5.30. The lowest BCUT2D eigenvalue weighted by Crippen LogP contribution is -1.78. The van der Waals surface area contributed by atoms with Gasteiger partial charge >= 0.3 is 0 Å². The lowest BCUT2D eigenvalue weighted by molar-refractivity contribution is 1.25. The average Bonchev–Trinajstić information content (AvgIpc) is 2.52. The van der Waals surface area contributed by atoms with E-state index in [1.807, 2.05) is 6.07 Å². The van der Waals surface area contributed by atoms with Crippen LogP contribution in [0.15, 0.2) is 23.2 Å². The van der Waals surface area contributed by atoms with E-state index in [0.29, 0.717) is 9.76 Å². The molecule has 2 aromatic heterocycles. The Hall–Kier alpha value is -0.520. The summed E-state index contributed by atoms with van der Waals surface area (Å²) in [6.07, 6.45) is 3.29. The largest absolute Gasteiger partial charge is 0.262 e. The summed E-state index contributed by atoms with van der Waals surface area (Å²) in [6, 6.07) is 1.81. The first-order valence-electron chi connectivity index (χ1n) is 3.36. The fraction of sp³-hybridized carbons (Fsp3) is 0. The molecule has 0 amide bonds. The van der Waals surface area contributed by atoms with E-state index in [9.17, 15) is 0 Å². The maximum absolute atomic E-state index is 5.78. The van der Waals surface area contributed by atoms with Gasteiger partial charge in [0.15, 0.2) is 0 Å². The van der Waals surface area contributed by atoms with Crippen LogP contribution < -0.4 is 0 Å². The number of hydrogen-bond donors (Lipinski definition) is 0. The minimum Gasteiger partial charge on any atom is -0.262 e. The van der Waals surface area contributed by atoms with Crippen molar-refractivity contribution in [1.29, 1.82) is 0 Å². The van der Waals surface area contributed by atoms with Crippen molar-refractivity contribution in [1.82, 2.24) is 14.3 Å². The van der Waals surface area contributed by atoms with Crippen molar-refractivity contribution >= 4 is 39.1 Å². The van der Waals surface area contributed by atoms with E-state index in [2.05, 4.69) is 30.3 Å². The van der Waals surface area contributed by atoms with E-state index in [0.717, 1.165) is 10.6 Å². The minimum atomic E-state index is 0.590. The molecule has 13 heavy (non-hydrogen) atoms. The second kappa shape index (κ2) is 3.69. The zero-order valence-electron chi connectivity index (χ0n) is 6.24. The van der Waals surface area contributed by atoms with Gasteiger partial charge in [-0.2, -0.15) is 4.37 Å². The van der Waals surface area contributed by atoms with Gasteiger partial charge in [0, 0.05) is 18.0 Å². The molecular formula is C7H3BrClN3S. The van der Waals surface area contributed by atoms with E-state index >= 15 is 0 Å². The molecule has 0 aliphatic heterocycles. The van der Waals surface area contributed by atoms with Crippen molar-refractivity contribution in [3.8, 4) is 10.6 Å². The van der Waals surface area contributed by atoms with Crippen molar-refractivity contribution in [3.05, 3.63) is 28.2 Å². The molecule has 6 heteroatoms. The quantitative estimate of drug-likeness (QED) is 0.803. The van der Waals surface area contributed by atoms with Gasteiger partial charge < -0.3 is 0 Å². The Kier molecular flexibility index (Phi) is 2.57. The van der Waals surface area contributed by atoms with Gasteiger partial charge in [0.1, 0.15) is 5.01 Å². The van der Waals surface area contributed by atoms with Crippen LogP contribution in [0.25, 0.3) is 10.6 Å². The predicted molar refractivity (Wildman–Crippen MR) is 55.9 cm³/mol. The molecule has 2 rings (SSSR count). The normalized spacial score (nSPS) is 10.3. The summed E-state index contributed by atoms with van der Waals surface area (Å²) in [5, 5.41) is 1.41. The lowest BCUT2D eigenvalue weighted by Gasteiger charge is -1.93. The molecule has 0 saturated heterocycles. The van der Waals surface area contributed by atoms with Gasteiger partial charge in [0.2, 0.25) is 4.73 Å². The summed E-state index contributed by atoms with van der Waals surface area (Å²) in [7, 11) is 0.